The molecule has 0 aliphatic carbocycles. The van der Waals surface area contributed by atoms with E-state index in [0.717, 1.165) is 11.3 Å². The highest BCUT2D eigenvalue weighted by atomic mass is 35.5. The van der Waals surface area contributed by atoms with Gasteiger partial charge in [0, 0.05) is 17.4 Å². The van der Waals surface area contributed by atoms with Gasteiger partial charge in [0.15, 0.2) is 11.9 Å². The van der Waals surface area contributed by atoms with E-state index in [1.54, 1.807) is 0 Å². The fraction of sp³-hybridized carbons (Fsp3) is 0.385. The molecule has 0 saturated heterocycles. The molecule has 0 spiro atoms. The van der Waals surface area contributed by atoms with Crippen molar-refractivity contribution in [3.05, 3.63) is 34.9 Å². The quantitative estimate of drug-likeness (QED) is 0.828. The van der Waals surface area contributed by atoms with Gasteiger partial charge in [-0.25, -0.2) is 0 Å². The predicted octanol–water partition coefficient (Wildman–Crippen LogP) is 3.18. The van der Waals surface area contributed by atoms with Crippen LogP contribution in [-0.2, 0) is 9.63 Å². The van der Waals surface area contributed by atoms with Crippen molar-refractivity contribution in [3.8, 4) is 0 Å². The first-order chi connectivity index (χ1) is 8.08. The molecule has 1 aromatic carbocycles. The van der Waals surface area contributed by atoms with Crippen LogP contribution in [0.25, 0.3) is 0 Å². The molecule has 1 aliphatic rings. The monoisotopic (exact) mass is 251 g/mol. The van der Waals surface area contributed by atoms with Gasteiger partial charge in [-0.15, -0.1) is 0 Å². The lowest BCUT2D eigenvalue weighted by molar-refractivity contribution is -0.126. The zero-order valence-electron chi connectivity index (χ0n) is 9.81. The molecule has 0 fully saturated rings. The van der Waals surface area contributed by atoms with Crippen molar-refractivity contribution in [3.63, 3.8) is 0 Å². The van der Waals surface area contributed by atoms with E-state index in [1.165, 1.54) is 6.92 Å². The fourth-order valence-electron chi connectivity index (χ4n) is 1.81. The van der Waals surface area contributed by atoms with Crippen molar-refractivity contribution in [1.29, 1.82) is 0 Å². The second-order valence-electron chi connectivity index (χ2n) is 4.26. The van der Waals surface area contributed by atoms with Crippen molar-refractivity contribution in [2.24, 2.45) is 5.16 Å². The summed E-state index contributed by atoms with van der Waals surface area (Å²) >= 11 is 5.84. The highest BCUT2D eigenvalue weighted by Gasteiger charge is 2.28. The summed E-state index contributed by atoms with van der Waals surface area (Å²) in [6.45, 7) is 3.57. The Morgan fingerprint density at radius 1 is 1.47 bits per heavy atom. The highest BCUT2D eigenvalue weighted by molar-refractivity contribution is 6.30. The number of ketones is 1. The second kappa shape index (κ2) is 4.88. The molecule has 2 atom stereocenters. The van der Waals surface area contributed by atoms with Gasteiger partial charge in [0.1, 0.15) is 0 Å². The van der Waals surface area contributed by atoms with Crippen molar-refractivity contribution < 1.29 is 9.63 Å². The van der Waals surface area contributed by atoms with Crippen LogP contribution >= 0.6 is 11.6 Å². The molecular formula is C13H14ClNO2. The lowest BCUT2D eigenvalue weighted by atomic mass is 9.92. The summed E-state index contributed by atoms with van der Waals surface area (Å²) in [5, 5.41) is 4.71. The van der Waals surface area contributed by atoms with E-state index < -0.39 is 6.10 Å². The standard InChI is InChI=1S/C13H14ClNO2/c1-8(10-3-5-11(14)6-4-10)12-7-13(9(2)16)17-15-12/h3-6,8,13H,7H2,1-2H3/t8-,13?/m1/s1. The van der Waals surface area contributed by atoms with E-state index in [4.69, 9.17) is 16.4 Å². The minimum Gasteiger partial charge on any atom is -0.384 e. The molecule has 17 heavy (non-hydrogen) atoms. The maximum absolute atomic E-state index is 11.2. The predicted molar refractivity (Wildman–Crippen MR) is 67.5 cm³/mol. The number of hydrogen-bond acceptors (Lipinski definition) is 3. The fourth-order valence-corrected chi connectivity index (χ4v) is 1.94. The number of hydrogen-bond donors (Lipinski definition) is 0. The van der Waals surface area contributed by atoms with Crippen LogP contribution in [-0.4, -0.2) is 17.6 Å². The van der Waals surface area contributed by atoms with Crippen LogP contribution in [0.15, 0.2) is 29.4 Å². The average molecular weight is 252 g/mol. The van der Waals surface area contributed by atoms with Gasteiger partial charge in [-0.1, -0.05) is 35.8 Å². The molecule has 0 radical (unpaired) electrons. The summed E-state index contributed by atoms with van der Waals surface area (Å²) in [6.07, 6.45) is 0.179. The Bertz CT molecular complexity index is 453. The minimum atomic E-state index is -0.403. The van der Waals surface area contributed by atoms with Crippen LogP contribution in [0.5, 0.6) is 0 Å². The number of carbonyl (C=O) groups excluding carboxylic acids is 1. The molecule has 4 heteroatoms. The first-order valence-corrected chi connectivity index (χ1v) is 5.94. The van der Waals surface area contributed by atoms with Gasteiger partial charge >= 0.3 is 0 Å². The van der Waals surface area contributed by atoms with Crippen molar-refractivity contribution >= 4 is 23.1 Å². The van der Waals surface area contributed by atoms with Gasteiger partial charge < -0.3 is 4.84 Å². The molecule has 1 aliphatic heterocycles. The number of rotatable bonds is 3. The summed E-state index contributed by atoms with van der Waals surface area (Å²) in [6, 6.07) is 7.64. The molecule has 0 bridgehead atoms. The van der Waals surface area contributed by atoms with Crippen LogP contribution in [0, 0.1) is 0 Å². The average Bonchev–Trinajstić information content (AvgIpc) is 2.78. The summed E-state index contributed by atoms with van der Waals surface area (Å²) in [5.41, 5.74) is 2.04. The Labute approximate surface area is 105 Å². The highest BCUT2D eigenvalue weighted by Crippen LogP contribution is 2.25. The zero-order chi connectivity index (χ0) is 12.4. The third kappa shape index (κ3) is 2.67. The Morgan fingerprint density at radius 3 is 2.65 bits per heavy atom. The molecule has 0 amide bonds. The van der Waals surface area contributed by atoms with Gasteiger partial charge in [0.05, 0.1) is 5.71 Å². The number of carbonyl (C=O) groups is 1. The van der Waals surface area contributed by atoms with Gasteiger partial charge in [-0.05, 0) is 24.6 Å². The number of nitrogens with zero attached hydrogens (tertiary/aromatic N) is 1. The van der Waals surface area contributed by atoms with E-state index in [2.05, 4.69) is 5.16 Å². The topological polar surface area (TPSA) is 38.7 Å². The molecule has 3 nitrogen and oxygen atoms in total. The number of Topliss-reactive ketones (excluding diaryl/α,β-unsaturated/α-hetero) is 1. The minimum absolute atomic E-state index is 0.0204. The maximum Gasteiger partial charge on any atom is 0.190 e. The van der Waals surface area contributed by atoms with Crippen LogP contribution in [0.1, 0.15) is 31.7 Å². The Hall–Kier alpha value is -1.35. The lowest BCUT2D eigenvalue weighted by Crippen LogP contribution is -2.18. The molecule has 2 rings (SSSR count). The summed E-state index contributed by atoms with van der Waals surface area (Å²) < 4.78 is 0. The molecule has 0 saturated carbocycles. The molecule has 1 unspecified atom stereocenters. The first kappa shape index (κ1) is 12.1. The van der Waals surface area contributed by atoms with Crippen molar-refractivity contribution in [1.82, 2.24) is 0 Å². The molecular weight excluding hydrogens is 238 g/mol. The first-order valence-electron chi connectivity index (χ1n) is 5.56. The summed E-state index contributed by atoms with van der Waals surface area (Å²) in [4.78, 5) is 16.3. The Balaban J connectivity index is 2.09. The third-order valence-electron chi connectivity index (χ3n) is 3.01. The molecule has 1 heterocycles. The van der Waals surface area contributed by atoms with Crippen LogP contribution < -0.4 is 0 Å². The van der Waals surface area contributed by atoms with Gasteiger partial charge in [0.2, 0.25) is 0 Å². The smallest absolute Gasteiger partial charge is 0.190 e. The van der Waals surface area contributed by atoms with E-state index in [9.17, 15) is 4.79 Å². The maximum atomic E-state index is 11.2. The van der Waals surface area contributed by atoms with Gasteiger partial charge in [0.25, 0.3) is 0 Å². The second-order valence-corrected chi connectivity index (χ2v) is 4.70. The van der Waals surface area contributed by atoms with Gasteiger partial charge in [-0.3, -0.25) is 4.79 Å². The van der Waals surface area contributed by atoms with Crippen molar-refractivity contribution in [2.75, 3.05) is 0 Å². The van der Waals surface area contributed by atoms with Gasteiger partial charge in [-0.2, -0.15) is 0 Å². The van der Waals surface area contributed by atoms with Crippen LogP contribution in [0.3, 0.4) is 0 Å². The van der Waals surface area contributed by atoms with E-state index >= 15 is 0 Å². The Kier molecular flexibility index (Phi) is 3.48. The number of oxime groups is 1. The Morgan fingerprint density at radius 2 is 2.12 bits per heavy atom. The van der Waals surface area contributed by atoms with E-state index in [0.29, 0.717) is 11.4 Å². The molecule has 0 aromatic heterocycles. The summed E-state index contributed by atoms with van der Waals surface area (Å²) in [5.74, 6) is 0.170. The van der Waals surface area contributed by atoms with Crippen LogP contribution in [0.4, 0.5) is 0 Å². The lowest BCUT2D eigenvalue weighted by Gasteiger charge is -2.10. The number of benzene rings is 1. The SMILES string of the molecule is CC(=O)C1CC([C@H](C)c2ccc(Cl)cc2)=NO1. The molecule has 90 valence electrons. The largest absolute Gasteiger partial charge is 0.384 e. The normalized spacial score (nSPS) is 20.6. The third-order valence-corrected chi connectivity index (χ3v) is 3.27. The van der Waals surface area contributed by atoms with Crippen LogP contribution in [0.2, 0.25) is 5.02 Å². The van der Waals surface area contributed by atoms with E-state index in [1.807, 2.05) is 31.2 Å². The summed E-state index contributed by atoms with van der Waals surface area (Å²) in [7, 11) is 0. The molecule has 0 N–H and O–H groups in total. The number of halogens is 1. The zero-order valence-corrected chi connectivity index (χ0v) is 10.6. The van der Waals surface area contributed by atoms with Crippen molar-refractivity contribution in [2.45, 2.75) is 32.3 Å². The molecule has 1 aromatic rings. The van der Waals surface area contributed by atoms with E-state index in [-0.39, 0.29) is 11.7 Å².